The molecule has 214 valence electrons. The van der Waals surface area contributed by atoms with E-state index < -0.39 is 22.1 Å². The van der Waals surface area contributed by atoms with Crippen LogP contribution in [0.4, 0.5) is 0 Å². The van der Waals surface area contributed by atoms with Crippen LogP contribution in [0.1, 0.15) is 37.0 Å². The first-order valence-electron chi connectivity index (χ1n) is 13.4. The Hall–Kier alpha value is -2.75. The van der Waals surface area contributed by atoms with E-state index in [1.54, 1.807) is 36.4 Å². The number of aliphatic hydroxyl groups is 1. The second kappa shape index (κ2) is 12.4. The summed E-state index contributed by atoms with van der Waals surface area (Å²) in [6, 6.07) is 20.3. The lowest BCUT2D eigenvalue weighted by molar-refractivity contribution is -0.136. The zero-order chi connectivity index (χ0) is 29.1. The van der Waals surface area contributed by atoms with Crippen LogP contribution in [-0.2, 0) is 34.1 Å². The predicted molar refractivity (Wildman–Crippen MR) is 158 cm³/mol. The molecule has 0 radical (unpaired) electrons. The molecule has 0 heterocycles. The number of fused-ring (bicyclic) bond motifs is 1. The van der Waals surface area contributed by atoms with Gasteiger partial charge in [0.2, 0.25) is 10.0 Å². The summed E-state index contributed by atoms with van der Waals surface area (Å²) in [5.74, 6) is -0.373. The van der Waals surface area contributed by atoms with Gasteiger partial charge >= 0.3 is 5.97 Å². The highest BCUT2D eigenvalue weighted by atomic mass is 35.5. The number of likely N-dealkylation sites (N-methyl/N-ethyl adjacent to an activating group) is 1. The lowest BCUT2D eigenvalue weighted by atomic mass is 9.88. The first kappa shape index (κ1) is 30.2. The topological polar surface area (TPSA) is 107 Å². The molecule has 3 aromatic carbocycles. The summed E-state index contributed by atoms with van der Waals surface area (Å²) >= 11 is 6.42. The third kappa shape index (κ3) is 7.50. The van der Waals surface area contributed by atoms with Gasteiger partial charge in [-0.3, -0.25) is 4.79 Å². The molecule has 3 N–H and O–H groups in total. The fourth-order valence-corrected chi connectivity index (χ4v) is 7.21. The number of sulfonamides is 1. The quantitative estimate of drug-likeness (QED) is 0.283. The fraction of sp³-hybridized carbons (Fsp3) is 0.387. The van der Waals surface area contributed by atoms with Crippen molar-refractivity contribution < 1.29 is 23.4 Å². The van der Waals surface area contributed by atoms with Gasteiger partial charge in [0.25, 0.3) is 0 Å². The zero-order valence-corrected chi connectivity index (χ0v) is 24.7. The summed E-state index contributed by atoms with van der Waals surface area (Å²) in [6.07, 6.45) is 2.09. The van der Waals surface area contributed by atoms with Crippen molar-refractivity contribution in [1.29, 1.82) is 0 Å². The van der Waals surface area contributed by atoms with E-state index in [0.29, 0.717) is 17.0 Å². The SMILES string of the molecule is CN(C[C@H](O)CNC(C)(C)CC1Cc2ccccc2C1)S(=O)(=O)c1ccc(-c2ccc(CC(=O)O)cc2)cc1Cl. The molecule has 1 aliphatic rings. The largest absolute Gasteiger partial charge is 0.481 e. The van der Waals surface area contributed by atoms with E-state index in [-0.39, 0.29) is 35.0 Å². The van der Waals surface area contributed by atoms with E-state index in [1.807, 2.05) is 0 Å². The maximum Gasteiger partial charge on any atom is 0.307 e. The Morgan fingerprint density at radius 3 is 2.23 bits per heavy atom. The number of hydrogen-bond donors (Lipinski definition) is 3. The number of rotatable bonds is 12. The average Bonchev–Trinajstić information content (AvgIpc) is 3.29. The Morgan fingerprint density at radius 1 is 1.05 bits per heavy atom. The third-order valence-corrected chi connectivity index (χ3v) is 9.79. The third-order valence-electron chi connectivity index (χ3n) is 7.48. The molecule has 0 fully saturated rings. The number of nitrogens with zero attached hydrogens (tertiary/aromatic N) is 1. The Labute approximate surface area is 241 Å². The average molecular weight is 585 g/mol. The molecule has 1 atom stereocenters. The standard InChI is InChI=1S/C31H37ClN2O5S/c1-31(2,18-22-14-24-6-4-5-7-25(24)15-22)33-19-27(35)20-34(3)40(38,39)29-13-12-26(17-28(29)32)23-10-8-21(9-11-23)16-30(36)37/h4-13,17,22,27,33,35H,14-16,18-20H2,1-3H3,(H,36,37)/t27-/m1/s1. The van der Waals surface area contributed by atoms with E-state index in [1.165, 1.54) is 24.2 Å². The maximum atomic E-state index is 13.3. The summed E-state index contributed by atoms with van der Waals surface area (Å²) < 4.78 is 27.7. The van der Waals surface area contributed by atoms with Crippen molar-refractivity contribution in [2.24, 2.45) is 5.92 Å². The Morgan fingerprint density at radius 2 is 1.65 bits per heavy atom. The Kier molecular flexibility index (Phi) is 9.37. The zero-order valence-electron chi connectivity index (χ0n) is 23.1. The molecule has 4 rings (SSSR count). The maximum absolute atomic E-state index is 13.3. The van der Waals surface area contributed by atoms with Crippen molar-refractivity contribution in [1.82, 2.24) is 9.62 Å². The van der Waals surface area contributed by atoms with Crippen molar-refractivity contribution in [3.63, 3.8) is 0 Å². The summed E-state index contributed by atoms with van der Waals surface area (Å²) in [5.41, 5.74) is 4.79. The summed E-state index contributed by atoms with van der Waals surface area (Å²) in [5, 5.41) is 23.1. The lowest BCUT2D eigenvalue weighted by Crippen LogP contribution is -2.47. The first-order valence-corrected chi connectivity index (χ1v) is 15.2. The highest BCUT2D eigenvalue weighted by Crippen LogP contribution is 2.32. The molecular formula is C31H37ClN2O5S. The van der Waals surface area contributed by atoms with Crippen molar-refractivity contribution in [3.8, 4) is 11.1 Å². The molecule has 3 aromatic rings. The van der Waals surface area contributed by atoms with Crippen LogP contribution < -0.4 is 5.32 Å². The number of nitrogens with one attached hydrogen (secondary N) is 1. The van der Waals surface area contributed by atoms with E-state index in [4.69, 9.17) is 16.7 Å². The minimum Gasteiger partial charge on any atom is -0.481 e. The van der Waals surface area contributed by atoms with Crippen LogP contribution in [0.15, 0.2) is 71.6 Å². The van der Waals surface area contributed by atoms with Crippen LogP contribution in [0.5, 0.6) is 0 Å². The van der Waals surface area contributed by atoms with Crippen molar-refractivity contribution in [2.45, 2.75) is 56.1 Å². The molecule has 9 heteroatoms. The molecule has 7 nitrogen and oxygen atoms in total. The minimum absolute atomic E-state index is 0.0378. The van der Waals surface area contributed by atoms with Crippen molar-refractivity contribution in [3.05, 3.63) is 88.4 Å². The van der Waals surface area contributed by atoms with Gasteiger partial charge in [-0.1, -0.05) is 66.2 Å². The van der Waals surface area contributed by atoms with Crippen LogP contribution in [0.25, 0.3) is 11.1 Å². The van der Waals surface area contributed by atoms with Gasteiger partial charge in [-0.25, -0.2) is 8.42 Å². The number of aliphatic carboxylic acids is 1. The smallest absolute Gasteiger partial charge is 0.307 e. The number of β-amino-alcohol motifs (C(OH)–C–C–N with tert-alkyl or cyclic N) is 1. The summed E-state index contributed by atoms with van der Waals surface area (Å²) in [4.78, 5) is 10.9. The molecule has 0 aliphatic heterocycles. The second-order valence-electron chi connectivity index (χ2n) is 11.4. The van der Waals surface area contributed by atoms with Gasteiger partial charge in [-0.2, -0.15) is 4.31 Å². The minimum atomic E-state index is -3.94. The molecule has 0 aromatic heterocycles. The molecular weight excluding hydrogens is 548 g/mol. The monoisotopic (exact) mass is 584 g/mol. The number of halogens is 1. The van der Waals surface area contributed by atoms with Crippen LogP contribution in [0.2, 0.25) is 5.02 Å². The van der Waals surface area contributed by atoms with Crippen LogP contribution >= 0.6 is 11.6 Å². The molecule has 0 unspecified atom stereocenters. The molecule has 0 spiro atoms. The fourth-order valence-electron chi connectivity index (χ4n) is 5.49. The van der Waals surface area contributed by atoms with Crippen LogP contribution in [0.3, 0.4) is 0 Å². The number of carbonyl (C=O) groups is 1. The van der Waals surface area contributed by atoms with Gasteiger partial charge in [-0.05, 0) is 79.0 Å². The number of benzene rings is 3. The summed E-state index contributed by atoms with van der Waals surface area (Å²) in [7, 11) is -2.50. The molecule has 0 saturated heterocycles. The molecule has 0 amide bonds. The van der Waals surface area contributed by atoms with Crippen molar-refractivity contribution in [2.75, 3.05) is 20.1 Å². The van der Waals surface area contributed by atoms with Gasteiger partial charge in [0, 0.05) is 25.7 Å². The van der Waals surface area contributed by atoms with Gasteiger partial charge < -0.3 is 15.5 Å². The number of carboxylic acids is 1. The summed E-state index contributed by atoms with van der Waals surface area (Å²) in [6.45, 7) is 4.41. The van der Waals surface area contributed by atoms with Crippen LogP contribution in [-0.4, -0.2) is 60.7 Å². The highest BCUT2D eigenvalue weighted by molar-refractivity contribution is 7.89. The van der Waals surface area contributed by atoms with E-state index in [9.17, 15) is 18.3 Å². The molecule has 1 aliphatic carbocycles. The number of carboxylic acid groups (broad SMARTS) is 1. The van der Waals surface area contributed by atoms with Crippen LogP contribution in [0, 0.1) is 5.92 Å². The molecule has 40 heavy (non-hydrogen) atoms. The molecule has 0 saturated carbocycles. The lowest BCUT2D eigenvalue weighted by Gasteiger charge is -2.31. The van der Waals surface area contributed by atoms with E-state index in [2.05, 4.69) is 43.4 Å². The van der Waals surface area contributed by atoms with Gasteiger partial charge in [0.05, 0.1) is 17.5 Å². The number of hydrogen-bond acceptors (Lipinski definition) is 5. The number of aliphatic hydroxyl groups excluding tert-OH is 1. The van der Waals surface area contributed by atoms with Gasteiger partial charge in [-0.15, -0.1) is 0 Å². The van der Waals surface area contributed by atoms with E-state index >= 15 is 0 Å². The van der Waals surface area contributed by atoms with Crippen molar-refractivity contribution >= 4 is 27.6 Å². The first-order chi connectivity index (χ1) is 18.8. The van der Waals surface area contributed by atoms with Gasteiger partial charge in [0.1, 0.15) is 4.90 Å². The highest BCUT2D eigenvalue weighted by Gasteiger charge is 2.30. The Balaban J connectivity index is 1.33. The second-order valence-corrected chi connectivity index (χ2v) is 13.8. The molecule has 0 bridgehead atoms. The predicted octanol–water partition coefficient (Wildman–Crippen LogP) is 4.79. The van der Waals surface area contributed by atoms with Gasteiger partial charge in [0.15, 0.2) is 0 Å². The van der Waals surface area contributed by atoms with E-state index in [0.717, 1.165) is 29.1 Å². The normalized spacial score (nSPS) is 14.8. The Bertz CT molecular complexity index is 1430.